The Bertz CT molecular complexity index is 1650. The van der Waals surface area contributed by atoms with Gasteiger partial charge in [0.05, 0.1) is 13.7 Å². The van der Waals surface area contributed by atoms with Gasteiger partial charge in [0.25, 0.3) is 5.91 Å². The molecular weight excluding hydrogens is 508 g/mol. The van der Waals surface area contributed by atoms with Crippen LogP contribution in [0.4, 0.5) is 5.69 Å². The van der Waals surface area contributed by atoms with Crippen LogP contribution in [0, 0.1) is 0 Å². The first-order chi connectivity index (χ1) is 19.6. The van der Waals surface area contributed by atoms with E-state index in [1.54, 1.807) is 24.1 Å². The van der Waals surface area contributed by atoms with Crippen molar-refractivity contribution in [2.75, 3.05) is 25.4 Å². The summed E-state index contributed by atoms with van der Waals surface area (Å²) in [5.74, 6) is 2.37. The van der Waals surface area contributed by atoms with Crippen LogP contribution in [0.5, 0.6) is 23.0 Å². The highest BCUT2D eigenvalue weighted by Gasteiger charge is 2.57. The smallest absolute Gasteiger partial charge is 0.251 e. The summed E-state index contributed by atoms with van der Waals surface area (Å²) in [6.45, 7) is 1.06. The zero-order valence-corrected chi connectivity index (χ0v) is 21.8. The molecule has 0 aromatic heterocycles. The number of anilines is 1. The van der Waals surface area contributed by atoms with Gasteiger partial charge < -0.3 is 29.2 Å². The number of carbonyl (C=O) groups is 2. The van der Waals surface area contributed by atoms with Crippen molar-refractivity contribution in [3.05, 3.63) is 113 Å². The Kier molecular flexibility index (Phi) is 5.62. The van der Waals surface area contributed by atoms with Crippen LogP contribution in [0.3, 0.4) is 0 Å². The largest absolute Gasteiger partial charge is 0.497 e. The second-order valence-corrected chi connectivity index (χ2v) is 10.0. The van der Waals surface area contributed by atoms with E-state index in [4.69, 9.17) is 18.9 Å². The van der Waals surface area contributed by atoms with E-state index < -0.39 is 5.41 Å². The molecule has 2 amide bonds. The number of para-hydroxylation sites is 1. The fraction of sp³-hybridized carbons (Fsp3) is 0.188. The van der Waals surface area contributed by atoms with E-state index in [1.807, 2.05) is 72.8 Å². The summed E-state index contributed by atoms with van der Waals surface area (Å²) in [5, 5.41) is 2.97. The van der Waals surface area contributed by atoms with Gasteiger partial charge in [-0.05, 0) is 53.1 Å². The predicted octanol–water partition coefficient (Wildman–Crippen LogP) is 4.58. The topological polar surface area (TPSA) is 86.3 Å². The van der Waals surface area contributed by atoms with Gasteiger partial charge in [-0.2, -0.15) is 0 Å². The van der Waals surface area contributed by atoms with Crippen LogP contribution in [0.2, 0.25) is 0 Å². The minimum Gasteiger partial charge on any atom is -0.497 e. The Balaban J connectivity index is 1.15. The summed E-state index contributed by atoms with van der Waals surface area (Å²) in [7, 11) is 1.62. The molecule has 8 nitrogen and oxygen atoms in total. The van der Waals surface area contributed by atoms with Gasteiger partial charge in [-0.1, -0.05) is 42.5 Å². The third-order valence-electron chi connectivity index (χ3n) is 7.79. The molecule has 4 aromatic carbocycles. The normalized spacial score (nSPS) is 17.9. The first-order valence-electron chi connectivity index (χ1n) is 13.1. The van der Waals surface area contributed by atoms with Gasteiger partial charge in [-0.3, -0.25) is 9.59 Å². The molecular formula is C32H26N2O6. The number of methoxy groups -OCH3 is 1. The molecule has 1 atom stereocenters. The maximum atomic E-state index is 14.3. The number of hydrogen-bond acceptors (Lipinski definition) is 6. The molecule has 0 fully saturated rings. The Labute approximate surface area is 231 Å². The van der Waals surface area contributed by atoms with Crippen LogP contribution < -0.4 is 29.2 Å². The predicted molar refractivity (Wildman–Crippen MR) is 147 cm³/mol. The van der Waals surface area contributed by atoms with Crippen LogP contribution in [-0.2, 0) is 23.3 Å². The quantitative estimate of drug-likeness (QED) is 0.390. The number of carbonyl (C=O) groups excluding carboxylic acids is 2. The zero-order valence-electron chi connectivity index (χ0n) is 21.8. The molecule has 40 heavy (non-hydrogen) atoms. The zero-order chi connectivity index (χ0) is 27.3. The number of amides is 2. The van der Waals surface area contributed by atoms with Crippen LogP contribution in [-0.4, -0.2) is 32.3 Å². The molecule has 7 rings (SSSR count). The fourth-order valence-corrected chi connectivity index (χ4v) is 5.74. The molecule has 8 heteroatoms. The average Bonchev–Trinajstić information content (AvgIpc) is 3.67. The number of benzene rings is 4. The fourth-order valence-electron chi connectivity index (χ4n) is 5.74. The van der Waals surface area contributed by atoms with Crippen molar-refractivity contribution in [2.24, 2.45) is 0 Å². The van der Waals surface area contributed by atoms with Crippen molar-refractivity contribution in [3.8, 4) is 23.0 Å². The molecule has 3 heterocycles. The summed E-state index contributed by atoms with van der Waals surface area (Å²) in [6.07, 6.45) is 0. The summed E-state index contributed by atoms with van der Waals surface area (Å²) in [6, 6.07) is 26.4. The number of rotatable bonds is 6. The third kappa shape index (κ3) is 3.75. The van der Waals surface area contributed by atoms with E-state index in [0.717, 1.165) is 33.7 Å². The van der Waals surface area contributed by atoms with Crippen LogP contribution in [0.15, 0.2) is 84.9 Å². The molecule has 3 aliphatic rings. The van der Waals surface area contributed by atoms with Crippen molar-refractivity contribution in [2.45, 2.75) is 18.5 Å². The Morgan fingerprint density at radius 3 is 2.50 bits per heavy atom. The van der Waals surface area contributed by atoms with E-state index in [0.29, 0.717) is 35.9 Å². The van der Waals surface area contributed by atoms with Gasteiger partial charge in [-0.15, -0.1) is 0 Å². The highest BCUT2D eigenvalue weighted by molar-refractivity contribution is 6.11. The number of ether oxygens (including phenoxy) is 4. The highest BCUT2D eigenvalue weighted by atomic mass is 16.7. The van der Waals surface area contributed by atoms with E-state index in [-0.39, 0.29) is 25.2 Å². The van der Waals surface area contributed by atoms with Gasteiger partial charge in [0, 0.05) is 29.4 Å². The minimum atomic E-state index is -0.972. The Hall–Kier alpha value is -4.98. The average molecular weight is 535 g/mol. The second kappa shape index (κ2) is 9.34. The Morgan fingerprint density at radius 1 is 0.875 bits per heavy atom. The molecule has 0 radical (unpaired) electrons. The lowest BCUT2D eigenvalue weighted by molar-refractivity contribution is -0.122. The monoisotopic (exact) mass is 534 g/mol. The van der Waals surface area contributed by atoms with Crippen LogP contribution in [0.25, 0.3) is 0 Å². The van der Waals surface area contributed by atoms with Gasteiger partial charge in [-0.25, -0.2) is 0 Å². The lowest BCUT2D eigenvalue weighted by atomic mass is 9.77. The standard InChI is InChI=1S/C32H26N2O6/c1-37-23-11-9-20(10-12-23)16-33-30(35)22-6-4-5-21(13-22)17-34-26-8-3-2-7-24(26)32(31(34)36)18-38-27-15-29-28(14-25(27)32)39-19-40-29/h2-15H,16-19H2,1H3,(H,33,35). The van der Waals surface area contributed by atoms with E-state index in [2.05, 4.69) is 5.32 Å². The van der Waals surface area contributed by atoms with E-state index >= 15 is 0 Å². The molecule has 0 saturated carbocycles. The number of nitrogens with one attached hydrogen (secondary N) is 1. The van der Waals surface area contributed by atoms with Crippen LogP contribution >= 0.6 is 0 Å². The van der Waals surface area contributed by atoms with Crippen molar-refractivity contribution < 1.29 is 28.5 Å². The third-order valence-corrected chi connectivity index (χ3v) is 7.79. The molecule has 0 bridgehead atoms. The molecule has 1 unspecified atom stereocenters. The second-order valence-electron chi connectivity index (χ2n) is 10.0. The molecule has 3 aliphatic heterocycles. The van der Waals surface area contributed by atoms with Crippen molar-refractivity contribution in [3.63, 3.8) is 0 Å². The highest BCUT2D eigenvalue weighted by Crippen LogP contribution is 2.55. The van der Waals surface area contributed by atoms with Crippen molar-refractivity contribution in [1.29, 1.82) is 0 Å². The first kappa shape index (κ1) is 24.1. The summed E-state index contributed by atoms with van der Waals surface area (Å²) in [4.78, 5) is 29.0. The molecule has 0 aliphatic carbocycles. The Morgan fingerprint density at radius 2 is 1.68 bits per heavy atom. The van der Waals surface area contributed by atoms with E-state index in [9.17, 15) is 9.59 Å². The lowest BCUT2D eigenvalue weighted by Gasteiger charge is -2.23. The van der Waals surface area contributed by atoms with E-state index in [1.165, 1.54) is 0 Å². The maximum absolute atomic E-state index is 14.3. The summed E-state index contributed by atoms with van der Waals surface area (Å²) in [5.41, 5.74) is 3.88. The number of hydrogen-bond donors (Lipinski definition) is 1. The first-order valence-corrected chi connectivity index (χ1v) is 13.1. The molecule has 1 spiro atoms. The summed E-state index contributed by atoms with van der Waals surface area (Å²) < 4.78 is 22.4. The van der Waals surface area contributed by atoms with Gasteiger partial charge in [0.15, 0.2) is 11.5 Å². The van der Waals surface area contributed by atoms with Gasteiger partial charge >= 0.3 is 0 Å². The lowest BCUT2D eigenvalue weighted by Crippen LogP contribution is -2.42. The number of fused-ring (bicyclic) bond motifs is 5. The van der Waals surface area contributed by atoms with Crippen molar-refractivity contribution >= 4 is 17.5 Å². The van der Waals surface area contributed by atoms with Crippen molar-refractivity contribution in [1.82, 2.24) is 5.32 Å². The van der Waals surface area contributed by atoms with Crippen LogP contribution in [0.1, 0.15) is 32.6 Å². The molecule has 0 saturated heterocycles. The SMILES string of the molecule is COc1ccc(CNC(=O)c2cccc(CN3C(=O)C4(COc5cc6c(cc54)OCO6)c4ccccc43)c2)cc1. The van der Waals surface area contributed by atoms with Gasteiger partial charge in [0.2, 0.25) is 12.7 Å². The maximum Gasteiger partial charge on any atom is 0.251 e. The van der Waals surface area contributed by atoms with Gasteiger partial charge in [0.1, 0.15) is 23.5 Å². The molecule has 200 valence electrons. The summed E-state index contributed by atoms with van der Waals surface area (Å²) >= 11 is 0. The molecule has 1 N–H and O–H groups in total. The minimum absolute atomic E-state index is 0.0688. The number of nitrogens with zero attached hydrogens (tertiary/aromatic N) is 1. The molecule has 4 aromatic rings.